The average Bonchev–Trinajstić information content (AvgIpc) is 2.43. The summed E-state index contributed by atoms with van der Waals surface area (Å²) < 4.78 is 13.6. The summed E-state index contributed by atoms with van der Waals surface area (Å²) in [5, 5.41) is 2.87. The number of benzene rings is 1. The first-order valence-electron chi connectivity index (χ1n) is 7.03. The highest BCUT2D eigenvalue weighted by atomic mass is 19.1. The lowest BCUT2D eigenvalue weighted by Gasteiger charge is -2.32. The SMILES string of the molecule is Cc1c(N)cc(C(=O)NCC2CCCCN2C)cc1F. The Balaban J connectivity index is 1.98. The van der Waals surface area contributed by atoms with E-state index in [1.54, 1.807) is 6.92 Å². The number of rotatable bonds is 3. The van der Waals surface area contributed by atoms with Crippen molar-refractivity contribution >= 4 is 11.6 Å². The van der Waals surface area contributed by atoms with Crippen LogP contribution in [0.3, 0.4) is 0 Å². The Morgan fingerprint density at radius 3 is 2.90 bits per heavy atom. The molecule has 2 rings (SSSR count). The van der Waals surface area contributed by atoms with Crippen LogP contribution < -0.4 is 11.1 Å². The van der Waals surface area contributed by atoms with Crippen LogP contribution in [0.25, 0.3) is 0 Å². The number of nitrogen functional groups attached to an aromatic ring is 1. The lowest BCUT2D eigenvalue weighted by molar-refractivity contribution is 0.0928. The highest BCUT2D eigenvalue weighted by molar-refractivity contribution is 5.95. The normalized spacial score (nSPS) is 19.9. The van der Waals surface area contributed by atoms with Crippen molar-refractivity contribution < 1.29 is 9.18 Å². The van der Waals surface area contributed by atoms with Gasteiger partial charge in [-0.15, -0.1) is 0 Å². The molecule has 0 aliphatic carbocycles. The zero-order chi connectivity index (χ0) is 14.7. The van der Waals surface area contributed by atoms with Crippen LogP contribution in [0.15, 0.2) is 12.1 Å². The van der Waals surface area contributed by atoms with E-state index in [2.05, 4.69) is 17.3 Å². The third-order valence-electron chi connectivity index (χ3n) is 4.07. The van der Waals surface area contributed by atoms with Gasteiger partial charge < -0.3 is 16.0 Å². The lowest BCUT2D eigenvalue weighted by Crippen LogP contribution is -2.44. The molecule has 1 heterocycles. The Hall–Kier alpha value is -1.62. The number of amides is 1. The molecule has 0 radical (unpaired) electrons. The number of nitrogens with zero attached hydrogens (tertiary/aromatic N) is 1. The van der Waals surface area contributed by atoms with E-state index in [0.717, 1.165) is 13.0 Å². The molecule has 0 bridgehead atoms. The smallest absolute Gasteiger partial charge is 0.251 e. The molecule has 1 atom stereocenters. The molecule has 1 amide bonds. The summed E-state index contributed by atoms with van der Waals surface area (Å²) in [6, 6.07) is 3.13. The Morgan fingerprint density at radius 1 is 1.50 bits per heavy atom. The number of nitrogens with two attached hydrogens (primary N) is 1. The number of nitrogens with one attached hydrogen (secondary N) is 1. The number of piperidine rings is 1. The van der Waals surface area contributed by atoms with E-state index in [0.29, 0.717) is 23.8 Å². The molecule has 1 fully saturated rings. The molecule has 20 heavy (non-hydrogen) atoms. The number of carbonyl (C=O) groups excluding carboxylic acids is 1. The van der Waals surface area contributed by atoms with Gasteiger partial charge in [0.2, 0.25) is 0 Å². The number of carbonyl (C=O) groups is 1. The van der Waals surface area contributed by atoms with Crippen molar-refractivity contribution in [2.24, 2.45) is 0 Å². The fourth-order valence-corrected chi connectivity index (χ4v) is 2.55. The van der Waals surface area contributed by atoms with Gasteiger partial charge in [-0.1, -0.05) is 6.42 Å². The molecule has 110 valence electrons. The van der Waals surface area contributed by atoms with Crippen molar-refractivity contribution in [1.82, 2.24) is 10.2 Å². The molecule has 1 aromatic rings. The van der Waals surface area contributed by atoms with E-state index in [4.69, 9.17) is 5.73 Å². The van der Waals surface area contributed by atoms with E-state index in [-0.39, 0.29) is 11.5 Å². The molecule has 1 aliphatic heterocycles. The molecule has 1 unspecified atom stereocenters. The number of hydrogen-bond acceptors (Lipinski definition) is 3. The first-order valence-corrected chi connectivity index (χ1v) is 7.03. The zero-order valence-electron chi connectivity index (χ0n) is 12.1. The summed E-state index contributed by atoms with van der Waals surface area (Å²) in [5.41, 5.74) is 6.67. The molecule has 4 nitrogen and oxygen atoms in total. The van der Waals surface area contributed by atoms with Crippen LogP contribution in [0.1, 0.15) is 35.2 Å². The second-order valence-electron chi connectivity index (χ2n) is 5.51. The van der Waals surface area contributed by atoms with Gasteiger partial charge in [-0.2, -0.15) is 0 Å². The van der Waals surface area contributed by atoms with E-state index in [9.17, 15) is 9.18 Å². The van der Waals surface area contributed by atoms with Crippen molar-refractivity contribution in [3.05, 3.63) is 29.1 Å². The topological polar surface area (TPSA) is 58.4 Å². The third kappa shape index (κ3) is 3.28. The maximum Gasteiger partial charge on any atom is 0.251 e. The number of anilines is 1. The monoisotopic (exact) mass is 279 g/mol. The Labute approximate surface area is 119 Å². The predicted molar refractivity (Wildman–Crippen MR) is 78.2 cm³/mol. The van der Waals surface area contributed by atoms with Gasteiger partial charge in [-0.05, 0) is 45.5 Å². The van der Waals surface area contributed by atoms with Crippen molar-refractivity contribution in [3.63, 3.8) is 0 Å². The quantitative estimate of drug-likeness (QED) is 0.831. The maximum absolute atomic E-state index is 13.6. The first-order chi connectivity index (χ1) is 9.49. The van der Waals surface area contributed by atoms with Crippen molar-refractivity contribution in [1.29, 1.82) is 0 Å². The van der Waals surface area contributed by atoms with Gasteiger partial charge in [0.15, 0.2) is 0 Å². The van der Waals surface area contributed by atoms with E-state index < -0.39 is 5.82 Å². The molecule has 1 aliphatic rings. The van der Waals surface area contributed by atoms with Gasteiger partial charge in [0.25, 0.3) is 5.91 Å². The highest BCUT2D eigenvalue weighted by Crippen LogP contribution is 2.18. The van der Waals surface area contributed by atoms with Crippen molar-refractivity contribution in [2.45, 2.75) is 32.2 Å². The number of likely N-dealkylation sites (tertiary alicyclic amines) is 1. The summed E-state index contributed by atoms with van der Waals surface area (Å²) >= 11 is 0. The minimum absolute atomic E-state index is 0.269. The first kappa shape index (κ1) is 14.8. The van der Waals surface area contributed by atoms with Crippen LogP contribution in [-0.4, -0.2) is 37.0 Å². The minimum Gasteiger partial charge on any atom is -0.398 e. The summed E-state index contributed by atoms with van der Waals surface area (Å²) in [7, 11) is 2.07. The van der Waals surface area contributed by atoms with Gasteiger partial charge >= 0.3 is 0 Å². The van der Waals surface area contributed by atoms with E-state index in [1.165, 1.54) is 25.0 Å². The maximum atomic E-state index is 13.6. The molecule has 0 aromatic heterocycles. The second-order valence-corrected chi connectivity index (χ2v) is 5.51. The number of hydrogen-bond donors (Lipinski definition) is 2. The Kier molecular flexibility index (Phi) is 4.60. The number of likely N-dealkylation sites (N-methyl/N-ethyl adjacent to an activating group) is 1. The predicted octanol–water partition coefficient (Wildman–Crippen LogP) is 1.93. The van der Waals surface area contributed by atoms with Crippen LogP contribution >= 0.6 is 0 Å². The van der Waals surface area contributed by atoms with Crippen molar-refractivity contribution in [2.75, 3.05) is 25.9 Å². The van der Waals surface area contributed by atoms with Crippen LogP contribution in [-0.2, 0) is 0 Å². The zero-order valence-corrected chi connectivity index (χ0v) is 12.1. The summed E-state index contributed by atoms with van der Waals surface area (Å²) in [5.74, 6) is -0.709. The van der Waals surface area contributed by atoms with Gasteiger partial charge in [0, 0.05) is 29.4 Å². The molecular formula is C15H22FN3O. The fraction of sp³-hybridized carbons (Fsp3) is 0.533. The molecule has 3 N–H and O–H groups in total. The van der Waals surface area contributed by atoms with Crippen LogP contribution in [0.4, 0.5) is 10.1 Å². The van der Waals surface area contributed by atoms with Crippen LogP contribution in [0.2, 0.25) is 0 Å². The summed E-state index contributed by atoms with van der Waals surface area (Å²) in [4.78, 5) is 14.3. The fourth-order valence-electron chi connectivity index (χ4n) is 2.55. The van der Waals surface area contributed by atoms with Crippen LogP contribution in [0, 0.1) is 12.7 Å². The van der Waals surface area contributed by atoms with Gasteiger partial charge in [0.05, 0.1) is 0 Å². The molecule has 0 spiro atoms. The van der Waals surface area contributed by atoms with E-state index in [1.807, 2.05) is 0 Å². The Bertz CT molecular complexity index is 481. The summed E-state index contributed by atoms with van der Waals surface area (Å²) in [6.07, 6.45) is 3.48. The number of halogens is 1. The van der Waals surface area contributed by atoms with Crippen molar-refractivity contribution in [3.8, 4) is 0 Å². The van der Waals surface area contributed by atoms with E-state index >= 15 is 0 Å². The lowest BCUT2D eigenvalue weighted by atomic mass is 10.0. The summed E-state index contributed by atoms with van der Waals surface area (Å²) in [6.45, 7) is 3.25. The van der Waals surface area contributed by atoms with Gasteiger partial charge in [0.1, 0.15) is 5.82 Å². The van der Waals surface area contributed by atoms with Crippen LogP contribution in [0.5, 0.6) is 0 Å². The molecule has 5 heteroatoms. The van der Waals surface area contributed by atoms with Gasteiger partial charge in [-0.3, -0.25) is 4.79 Å². The molecule has 1 saturated heterocycles. The third-order valence-corrected chi connectivity index (χ3v) is 4.07. The molecular weight excluding hydrogens is 257 g/mol. The second kappa shape index (κ2) is 6.22. The molecule has 1 aromatic carbocycles. The van der Waals surface area contributed by atoms with Gasteiger partial charge in [-0.25, -0.2) is 4.39 Å². The largest absolute Gasteiger partial charge is 0.398 e. The average molecular weight is 279 g/mol. The molecule has 0 saturated carbocycles. The minimum atomic E-state index is -0.440. The Morgan fingerprint density at radius 2 is 2.25 bits per heavy atom. The highest BCUT2D eigenvalue weighted by Gasteiger charge is 2.20. The standard InChI is InChI=1S/C15H22FN3O/c1-10-13(16)7-11(8-14(10)17)15(20)18-9-12-5-3-4-6-19(12)2/h7-8,12H,3-6,9,17H2,1-2H3,(H,18,20).